The molecule has 0 bridgehead atoms. The lowest BCUT2D eigenvalue weighted by Crippen LogP contribution is -1.93. The number of nitrogen functional groups attached to an aromatic ring is 2. The molecule has 2 rings (SSSR count). The highest BCUT2D eigenvalue weighted by atomic mass is 14.9. The molecule has 0 aliphatic rings. The van der Waals surface area contributed by atoms with E-state index in [-0.39, 0.29) is 0 Å². The number of aromatic amines is 1. The van der Waals surface area contributed by atoms with Crippen LogP contribution in [0, 0.1) is 6.92 Å². The minimum atomic E-state index is 0.463. The van der Waals surface area contributed by atoms with Crippen molar-refractivity contribution in [2.45, 2.75) is 6.92 Å². The Hall–Kier alpha value is -1.97. The molecule has 0 aliphatic heterocycles. The summed E-state index contributed by atoms with van der Waals surface area (Å²) in [7, 11) is 0. The summed E-state index contributed by atoms with van der Waals surface area (Å²) >= 11 is 0. The number of nitrogens with two attached hydrogens (primary N) is 2. The Morgan fingerprint density at radius 2 is 1.71 bits per heavy atom. The third-order valence-electron chi connectivity index (χ3n) is 1.55. The van der Waals surface area contributed by atoms with Crippen molar-refractivity contribution in [2.24, 2.45) is 0 Å². The normalized spacial score (nSPS) is 8.93. The highest BCUT2D eigenvalue weighted by Gasteiger charge is 1.83. The maximum absolute atomic E-state index is 5.27. The Bertz CT molecular complexity index is 350. The summed E-state index contributed by atoms with van der Waals surface area (Å²) in [6.07, 6.45) is 1.91. The fourth-order valence-electron chi connectivity index (χ4n) is 0.889. The van der Waals surface area contributed by atoms with E-state index in [4.69, 9.17) is 11.5 Å². The molecule has 14 heavy (non-hydrogen) atoms. The molecule has 0 aromatic carbocycles. The first-order valence-electron chi connectivity index (χ1n) is 4.26. The number of H-pyrrole nitrogens is 1. The van der Waals surface area contributed by atoms with Gasteiger partial charge in [-0.3, -0.25) is 0 Å². The van der Waals surface area contributed by atoms with Gasteiger partial charge in [-0.05, 0) is 31.2 Å². The van der Waals surface area contributed by atoms with E-state index in [9.17, 15) is 0 Å². The summed E-state index contributed by atoms with van der Waals surface area (Å²) in [4.78, 5) is 6.73. The molecule has 0 unspecified atom stereocenters. The molecule has 4 nitrogen and oxygen atoms in total. The molecule has 0 aliphatic carbocycles. The molecule has 0 saturated heterocycles. The topological polar surface area (TPSA) is 80.7 Å². The van der Waals surface area contributed by atoms with Crippen LogP contribution in [0.3, 0.4) is 0 Å². The van der Waals surface area contributed by atoms with Crippen molar-refractivity contribution < 1.29 is 0 Å². The highest BCUT2D eigenvalue weighted by Crippen LogP contribution is 1.99. The van der Waals surface area contributed by atoms with Gasteiger partial charge >= 0.3 is 0 Å². The van der Waals surface area contributed by atoms with E-state index < -0.39 is 0 Å². The van der Waals surface area contributed by atoms with Gasteiger partial charge < -0.3 is 16.5 Å². The first-order valence-corrected chi connectivity index (χ1v) is 4.26. The van der Waals surface area contributed by atoms with Crippen molar-refractivity contribution in [3.8, 4) is 0 Å². The van der Waals surface area contributed by atoms with Crippen molar-refractivity contribution in [1.29, 1.82) is 0 Å². The molecule has 0 amide bonds. The first kappa shape index (κ1) is 10.1. The number of aryl methyl sites for hydroxylation is 1. The highest BCUT2D eigenvalue weighted by molar-refractivity contribution is 5.37. The summed E-state index contributed by atoms with van der Waals surface area (Å²) in [6.45, 7) is 2.03. The summed E-state index contributed by atoms with van der Waals surface area (Å²) in [5.41, 5.74) is 11.8. The third kappa shape index (κ3) is 3.62. The molecule has 5 N–H and O–H groups in total. The Kier molecular flexibility index (Phi) is 3.55. The SMILES string of the molecule is Cc1ccc[nH]1.Nc1cccc(N)n1. The van der Waals surface area contributed by atoms with Crippen molar-refractivity contribution in [1.82, 2.24) is 9.97 Å². The largest absolute Gasteiger partial charge is 0.384 e. The van der Waals surface area contributed by atoms with Crippen molar-refractivity contribution in [3.05, 3.63) is 42.2 Å². The van der Waals surface area contributed by atoms with Crippen LogP contribution in [0.15, 0.2) is 36.5 Å². The van der Waals surface area contributed by atoms with Crippen LogP contribution < -0.4 is 11.5 Å². The summed E-state index contributed by atoms with van der Waals surface area (Å²) in [5.74, 6) is 0.926. The van der Waals surface area contributed by atoms with Crippen LogP contribution in [0.25, 0.3) is 0 Å². The molecule has 2 heterocycles. The number of hydrogen-bond acceptors (Lipinski definition) is 3. The van der Waals surface area contributed by atoms with E-state index in [0.29, 0.717) is 11.6 Å². The van der Waals surface area contributed by atoms with Gasteiger partial charge in [0.25, 0.3) is 0 Å². The monoisotopic (exact) mass is 190 g/mol. The molecule has 2 aromatic heterocycles. The molecule has 2 aromatic rings. The van der Waals surface area contributed by atoms with Crippen molar-refractivity contribution >= 4 is 11.6 Å². The quantitative estimate of drug-likeness (QED) is 0.589. The molecule has 74 valence electrons. The second-order valence-electron chi connectivity index (χ2n) is 2.84. The molecule has 4 heteroatoms. The second kappa shape index (κ2) is 4.91. The molecule has 0 radical (unpaired) electrons. The Balaban J connectivity index is 0.000000146. The van der Waals surface area contributed by atoms with Crippen molar-refractivity contribution in [2.75, 3.05) is 11.5 Å². The van der Waals surface area contributed by atoms with Crippen LogP contribution in [-0.4, -0.2) is 9.97 Å². The average Bonchev–Trinajstić information content (AvgIpc) is 2.56. The standard InChI is InChI=1S/C5H7N3.C5H7N/c6-4-2-1-3-5(7)8-4;1-5-3-2-4-6-5/h1-3H,(H4,6,7,8);2-4,6H,1H3. The lowest BCUT2D eigenvalue weighted by atomic mass is 10.4. The number of aromatic nitrogens is 2. The summed E-state index contributed by atoms with van der Waals surface area (Å²) in [5, 5.41) is 0. The fourth-order valence-corrected chi connectivity index (χ4v) is 0.889. The minimum absolute atomic E-state index is 0.463. The van der Waals surface area contributed by atoms with Crippen LogP contribution in [0.5, 0.6) is 0 Å². The van der Waals surface area contributed by atoms with Gasteiger partial charge in [-0.25, -0.2) is 4.98 Å². The second-order valence-corrected chi connectivity index (χ2v) is 2.84. The van der Waals surface area contributed by atoms with Gasteiger partial charge in [-0.1, -0.05) is 6.07 Å². The lowest BCUT2D eigenvalue weighted by Gasteiger charge is -1.90. The van der Waals surface area contributed by atoms with Gasteiger partial charge in [-0.15, -0.1) is 0 Å². The van der Waals surface area contributed by atoms with E-state index in [2.05, 4.69) is 9.97 Å². The summed E-state index contributed by atoms with van der Waals surface area (Å²) < 4.78 is 0. The maximum atomic E-state index is 5.27. The van der Waals surface area contributed by atoms with Crippen LogP contribution in [0.2, 0.25) is 0 Å². The van der Waals surface area contributed by atoms with Gasteiger partial charge in [0.2, 0.25) is 0 Å². The average molecular weight is 190 g/mol. The summed E-state index contributed by atoms with van der Waals surface area (Å²) in [6, 6.07) is 9.15. The first-order chi connectivity index (χ1) is 6.68. The van der Waals surface area contributed by atoms with E-state index in [1.165, 1.54) is 5.69 Å². The Morgan fingerprint density at radius 3 is 1.93 bits per heavy atom. The van der Waals surface area contributed by atoms with Crippen LogP contribution in [0.4, 0.5) is 11.6 Å². The number of nitrogens with zero attached hydrogens (tertiary/aromatic N) is 1. The maximum Gasteiger partial charge on any atom is 0.125 e. The number of rotatable bonds is 0. The Labute approximate surface area is 83.0 Å². The van der Waals surface area contributed by atoms with Crippen molar-refractivity contribution in [3.63, 3.8) is 0 Å². The fraction of sp³-hybridized carbons (Fsp3) is 0.100. The van der Waals surface area contributed by atoms with E-state index in [1.54, 1.807) is 18.2 Å². The molecule has 0 saturated carbocycles. The van der Waals surface area contributed by atoms with E-state index >= 15 is 0 Å². The zero-order chi connectivity index (χ0) is 10.4. The third-order valence-corrected chi connectivity index (χ3v) is 1.55. The lowest BCUT2D eigenvalue weighted by molar-refractivity contribution is 1.27. The van der Waals surface area contributed by atoms with Crippen LogP contribution >= 0.6 is 0 Å². The zero-order valence-electron chi connectivity index (χ0n) is 8.07. The Morgan fingerprint density at radius 1 is 1.07 bits per heavy atom. The molecule has 0 atom stereocenters. The van der Waals surface area contributed by atoms with Gasteiger partial charge in [0.05, 0.1) is 0 Å². The minimum Gasteiger partial charge on any atom is -0.384 e. The number of hydrogen-bond donors (Lipinski definition) is 3. The molecular weight excluding hydrogens is 176 g/mol. The van der Waals surface area contributed by atoms with Crippen LogP contribution in [0.1, 0.15) is 5.69 Å². The van der Waals surface area contributed by atoms with Gasteiger partial charge in [-0.2, -0.15) is 0 Å². The van der Waals surface area contributed by atoms with E-state index in [1.807, 2.05) is 25.3 Å². The van der Waals surface area contributed by atoms with E-state index in [0.717, 1.165) is 0 Å². The number of nitrogens with one attached hydrogen (secondary N) is 1. The molecule has 0 spiro atoms. The number of anilines is 2. The van der Waals surface area contributed by atoms with Gasteiger partial charge in [0.15, 0.2) is 0 Å². The van der Waals surface area contributed by atoms with Gasteiger partial charge in [0.1, 0.15) is 11.6 Å². The number of pyridine rings is 1. The predicted octanol–water partition coefficient (Wildman–Crippen LogP) is 1.57. The van der Waals surface area contributed by atoms with Crippen LogP contribution in [-0.2, 0) is 0 Å². The predicted molar refractivity (Wildman–Crippen MR) is 58.6 cm³/mol. The smallest absolute Gasteiger partial charge is 0.125 e. The molecular formula is C10H14N4. The zero-order valence-corrected chi connectivity index (χ0v) is 8.07. The van der Waals surface area contributed by atoms with Gasteiger partial charge in [0, 0.05) is 11.9 Å². The molecule has 0 fully saturated rings.